The monoisotopic (exact) mass is 582 g/mol. The lowest BCUT2D eigenvalue weighted by Gasteiger charge is -2.61. The van der Waals surface area contributed by atoms with Gasteiger partial charge in [0.2, 0.25) is 11.8 Å². The van der Waals surface area contributed by atoms with Crippen LogP contribution in [0.4, 0.5) is 9.59 Å². The molecule has 3 saturated heterocycles. The Morgan fingerprint density at radius 1 is 0.814 bits per heavy atom. The summed E-state index contributed by atoms with van der Waals surface area (Å²) in [6.07, 6.45) is 0.516. The van der Waals surface area contributed by atoms with Crippen molar-refractivity contribution in [3.8, 4) is 0 Å². The van der Waals surface area contributed by atoms with Crippen molar-refractivity contribution in [2.75, 3.05) is 6.61 Å². The first-order chi connectivity index (χ1) is 20.8. The second-order valence-corrected chi connectivity index (χ2v) is 11.1. The molecule has 3 aliphatic rings. The van der Waals surface area contributed by atoms with Gasteiger partial charge in [0.25, 0.3) is 0 Å². The van der Waals surface area contributed by atoms with E-state index in [4.69, 9.17) is 4.74 Å². The molecule has 0 radical (unpaired) electrons. The number of aliphatic hydroxyl groups is 1. The number of carbonyl (C=O) groups excluding carboxylic acids is 4. The summed E-state index contributed by atoms with van der Waals surface area (Å²) in [7, 11) is 0. The molecule has 1 N–H and O–H groups in total. The van der Waals surface area contributed by atoms with Gasteiger partial charge in [-0.05, 0) is 36.5 Å². The molecule has 0 aliphatic carbocycles. The summed E-state index contributed by atoms with van der Waals surface area (Å²) >= 11 is 0. The smallest absolute Gasteiger partial charge is 0.332 e. The topological polar surface area (TPSA) is 111 Å². The number of nitrogens with zero attached hydrogens (tertiary/aromatic N) is 4. The number of carbonyl (C=O) groups is 4. The molecule has 10 nitrogen and oxygen atoms in total. The number of benzene rings is 3. The number of hydrogen-bond donors (Lipinski definition) is 1. The van der Waals surface area contributed by atoms with Gasteiger partial charge in [-0.25, -0.2) is 19.3 Å². The van der Waals surface area contributed by atoms with Gasteiger partial charge in [-0.15, -0.1) is 0 Å². The molecule has 3 fully saturated rings. The first kappa shape index (κ1) is 28.4. The van der Waals surface area contributed by atoms with E-state index in [1.54, 1.807) is 6.92 Å². The minimum atomic E-state index is -2.22. The van der Waals surface area contributed by atoms with E-state index in [1.165, 1.54) is 14.7 Å². The Morgan fingerprint density at radius 2 is 1.37 bits per heavy atom. The predicted octanol–water partition coefficient (Wildman–Crippen LogP) is 3.74. The Bertz CT molecular complexity index is 1500. The minimum absolute atomic E-state index is 0.0219. The summed E-state index contributed by atoms with van der Waals surface area (Å²) in [5.74, 6) is -3.25. The standard InChI is InChI=1S/C33H34N4O6/c1-2-43-30(39)26-18-19-28-33(42)35(22-25-16-10-5-11-17-25)31(40)34(21-24-14-8-4-9-15-24)32(41)37(33)27(29(38)36(26)28)20-23-12-6-3-7-13-23/h3-17,26-28,42H,2,18-22H2,1H3/t26-,27+,28+,33+/m0/s1. The maximum Gasteiger partial charge on any atom is 0.332 e. The molecule has 43 heavy (non-hydrogen) atoms. The number of esters is 1. The van der Waals surface area contributed by atoms with E-state index in [0.717, 1.165) is 21.6 Å². The van der Waals surface area contributed by atoms with Crippen molar-refractivity contribution in [3.63, 3.8) is 0 Å². The Balaban J connectivity index is 1.49. The minimum Gasteiger partial charge on any atom is -0.464 e. The van der Waals surface area contributed by atoms with Crippen LogP contribution < -0.4 is 0 Å². The summed E-state index contributed by atoms with van der Waals surface area (Å²) in [6, 6.07) is 22.9. The van der Waals surface area contributed by atoms with Crippen molar-refractivity contribution >= 4 is 23.9 Å². The van der Waals surface area contributed by atoms with Crippen LogP contribution in [0.25, 0.3) is 0 Å². The average molecular weight is 583 g/mol. The number of ether oxygens (including phenoxy) is 1. The van der Waals surface area contributed by atoms with Crippen LogP contribution in [0.1, 0.15) is 36.5 Å². The van der Waals surface area contributed by atoms with E-state index in [0.29, 0.717) is 0 Å². The molecule has 5 amide bonds. The normalized spacial score (nSPS) is 25.1. The molecule has 0 aromatic heterocycles. The summed E-state index contributed by atoms with van der Waals surface area (Å²) in [5, 5.41) is 12.8. The SMILES string of the molecule is CCOC(=O)[C@@H]1CC[C@H]2N1C(=O)[C@@H](Cc1ccccc1)N1C(=O)N(Cc3ccccc3)C(=O)N(Cc3ccccc3)[C@]21O. The third-order valence-electron chi connectivity index (χ3n) is 8.53. The summed E-state index contributed by atoms with van der Waals surface area (Å²) in [6.45, 7) is 1.77. The van der Waals surface area contributed by atoms with Crippen LogP contribution in [0.3, 0.4) is 0 Å². The molecule has 0 bridgehead atoms. The number of rotatable bonds is 8. The Labute approximate surface area is 250 Å². The largest absolute Gasteiger partial charge is 0.464 e. The van der Waals surface area contributed by atoms with E-state index >= 15 is 0 Å². The average Bonchev–Trinajstić information content (AvgIpc) is 3.49. The van der Waals surface area contributed by atoms with E-state index in [9.17, 15) is 24.3 Å². The van der Waals surface area contributed by atoms with Gasteiger partial charge in [-0.1, -0.05) is 91.0 Å². The lowest BCUT2D eigenvalue weighted by Crippen LogP contribution is -2.85. The van der Waals surface area contributed by atoms with Crippen molar-refractivity contribution in [1.82, 2.24) is 19.6 Å². The summed E-state index contributed by atoms with van der Waals surface area (Å²) in [4.78, 5) is 61.1. The Kier molecular flexibility index (Phi) is 7.62. The molecule has 3 aromatic carbocycles. The third kappa shape index (κ3) is 4.91. The number of hydrogen-bond acceptors (Lipinski definition) is 6. The molecule has 222 valence electrons. The number of urea groups is 2. The number of fused-ring (bicyclic) bond motifs is 3. The van der Waals surface area contributed by atoms with Gasteiger partial charge in [0, 0.05) is 6.42 Å². The lowest BCUT2D eigenvalue weighted by atomic mass is 9.92. The zero-order valence-corrected chi connectivity index (χ0v) is 23.9. The van der Waals surface area contributed by atoms with E-state index < -0.39 is 47.9 Å². The number of amides is 5. The van der Waals surface area contributed by atoms with Gasteiger partial charge >= 0.3 is 18.0 Å². The summed E-state index contributed by atoms with van der Waals surface area (Å²) < 4.78 is 5.31. The zero-order chi connectivity index (χ0) is 30.1. The fraction of sp³-hybridized carbons (Fsp3) is 0.333. The van der Waals surface area contributed by atoms with Crippen LogP contribution in [-0.2, 0) is 33.8 Å². The van der Waals surface area contributed by atoms with Crippen LogP contribution in [0, 0.1) is 0 Å². The molecule has 3 aliphatic heterocycles. The molecule has 3 aromatic rings. The van der Waals surface area contributed by atoms with Crippen LogP contribution >= 0.6 is 0 Å². The molecule has 10 heteroatoms. The number of imide groups is 1. The maximum atomic E-state index is 14.4. The van der Waals surface area contributed by atoms with E-state index in [-0.39, 0.29) is 39.0 Å². The second kappa shape index (κ2) is 11.5. The molecule has 3 heterocycles. The van der Waals surface area contributed by atoms with E-state index in [2.05, 4.69) is 0 Å². The van der Waals surface area contributed by atoms with Gasteiger partial charge < -0.3 is 14.7 Å². The second-order valence-electron chi connectivity index (χ2n) is 11.1. The zero-order valence-electron chi connectivity index (χ0n) is 23.9. The molecular weight excluding hydrogens is 548 g/mol. The molecule has 0 saturated carbocycles. The van der Waals surface area contributed by atoms with Crippen molar-refractivity contribution in [3.05, 3.63) is 108 Å². The fourth-order valence-corrected chi connectivity index (χ4v) is 6.59. The highest BCUT2D eigenvalue weighted by Gasteiger charge is 2.69. The van der Waals surface area contributed by atoms with Crippen LogP contribution in [0.15, 0.2) is 91.0 Å². The maximum absolute atomic E-state index is 14.4. The van der Waals surface area contributed by atoms with Gasteiger partial charge in [0.05, 0.1) is 19.7 Å². The molecule has 0 unspecified atom stereocenters. The highest BCUT2D eigenvalue weighted by Crippen LogP contribution is 2.46. The first-order valence-electron chi connectivity index (χ1n) is 14.6. The van der Waals surface area contributed by atoms with Gasteiger partial charge in [0.15, 0.2) is 0 Å². The highest BCUT2D eigenvalue weighted by atomic mass is 16.5. The molecule has 6 rings (SSSR count). The predicted molar refractivity (Wildman–Crippen MR) is 156 cm³/mol. The van der Waals surface area contributed by atoms with Crippen molar-refractivity contribution < 1.29 is 29.0 Å². The first-order valence-corrected chi connectivity index (χ1v) is 14.6. The Morgan fingerprint density at radius 3 is 1.95 bits per heavy atom. The van der Waals surface area contributed by atoms with Crippen LogP contribution in [-0.4, -0.2) is 79.2 Å². The van der Waals surface area contributed by atoms with Gasteiger partial charge in [0.1, 0.15) is 18.1 Å². The Hall–Kier alpha value is -4.70. The van der Waals surface area contributed by atoms with Gasteiger partial charge in [-0.3, -0.25) is 14.6 Å². The highest BCUT2D eigenvalue weighted by molar-refractivity contribution is 6.01. The third-order valence-corrected chi connectivity index (χ3v) is 8.53. The van der Waals surface area contributed by atoms with Crippen molar-refractivity contribution in [1.29, 1.82) is 0 Å². The lowest BCUT2D eigenvalue weighted by molar-refractivity contribution is -0.259. The molecular formula is C33H34N4O6. The number of piperazine rings is 1. The van der Waals surface area contributed by atoms with E-state index in [1.807, 2.05) is 91.0 Å². The molecule has 0 spiro atoms. The summed E-state index contributed by atoms with van der Waals surface area (Å²) in [5.41, 5.74) is 2.23. The van der Waals surface area contributed by atoms with Crippen LogP contribution in [0.2, 0.25) is 0 Å². The van der Waals surface area contributed by atoms with Gasteiger partial charge in [-0.2, -0.15) is 0 Å². The quantitative estimate of drug-likeness (QED) is 0.405. The fourth-order valence-electron chi connectivity index (χ4n) is 6.59. The molecule has 4 atom stereocenters. The van der Waals surface area contributed by atoms with Crippen LogP contribution in [0.5, 0.6) is 0 Å². The van der Waals surface area contributed by atoms with Crippen molar-refractivity contribution in [2.45, 2.75) is 63.3 Å². The van der Waals surface area contributed by atoms with Crippen molar-refractivity contribution in [2.24, 2.45) is 0 Å².